The molecule has 1 heterocycles. The second-order valence-corrected chi connectivity index (χ2v) is 6.10. The lowest BCUT2D eigenvalue weighted by atomic mass is 10.1. The number of aromatic hydroxyl groups is 1. The average molecular weight is 398 g/mol. The first-order valence-corrected chi connectivity index (χ1v) is 8.53. The summed E-state index contributed by atoms with van der Waals surface area (Å²) < 4.78 is 10.8. The van der Waals surface area contributed by atoms with Gasteiger partial charge in [0, 0.05) is 11.5 Å². The number of benzene rings is 2. The first kappa shape index (κ1) is 19.7. The highest BCUT2D eigenvalue weighted by Gasteiger charge is 2.19. The number of aromatic amines is 1. The van der Waals surface area contributed by atoms with Gasteiger partial charge in [0.15, 0.2) is 0 Å². The Bertz CT molecular complexity index is 1120. The molecule has 1 aromatic heterocycles. The van der Waals surface area contributed by atoms with Crippen molar-refractivity contribution in [2.24, 2.45) is 0 Å². The summed E-state index contributed by atoms with van der Waals surface area (Å²) in [6, 6.07) is 11.9. The van der Waals surface area contributed by atoms with Crippen molar-refractivity contribution in [1.82, 2.24) is 10.3 Å². The number of fused-ring (bicyclic) bond motifs is 1. The predicted octanol–water partition coefficient (Wildman–Crippen LogP) is 1.64. The normalized spacial score (nSPS) is 10.5. The van der Waals surface area contributed by atoms with Gasteiger partial charge in [0.25, 0.3) is 11.5 Å². The van der Waals surface area contributed by atoms with Gasteiger partial charge in [-0.1, -0.05) is 12.1 Å². The largest absolute Gasteiger partial charge is 0.506 e. The molecule has 0 aliphatic carbocycles. The van der Waals surface area contributed by atoms with Crippen molar-refractivity contribution in [1.29, 1.82) is 0 Å². The molecule has 9 heteroatoms. The van der Waals surface area contributed by atoms with E-state index in [4.69, 9.17) is 14.6 Å². The molecule has 3 rings (SSSR count). The molecule has 0 unspecified atom stereocenters. The molecule has 0 atom stereocenters. The van der Waals surface area contributed by atoms with Crippen LogP contribution in [0.4, 0.5) is 0 Å². The lowest BCUT2D eigenvalue weighted by Gasteiger charge is -2.10. The number of methoxy groups -OCH3 is 1. The Kier molecular flexibility index (Phi) is 5.68. The third-order valence-corrected chi connectivity index (χ3v) is 4.15. The number of amides is 1. The smallest absolute Gasteiger partial charge is 0.322 e. The summed E-state index contributed by atoms with van der Waals surface area (Å²) in [5.41, 5.74) is -0.210. The molecule has 1 amide bonds. The number of ether oxygens (including phenoxy) is 2. The van der Waals surface area contributed by atoms with E-state index in [1.807, 2.05) is 24.3 Å². The number of carbonyl (C=O) groups is 2. The Hall–Kier alpha value is -4.01. The molecule has 0 bridgehead atoms. The van der Waals surface area contributed by atoms with Crippen LogP contribution in [0.15, 0.2) is 47.3 Å². The van der Waals surface area contributed by atoms with E-state index >= 15 is 0 Å². The summed E-state index contributed by atoms with van der Waals surface area (Å²) >= 11 is 0. The van der Waals surface area contributed by atoms with Gasteiger partial charge in [0.1, 0.15) is 36.0 Å². The van der Waals surface area contributed by atoms with Crippen molar-refractivity contribution in [2.75, 3.05) is 13.7 Å². The third kappa shape index (κ3) is 4.46. The summed E-state index contributed by atoms with van der Waals surface area (Å²) in [6.07, 6.45) is 0. The average Bonchev–Trinajstić information content (AvgIpc) is 2.70. The number of carboxylic acids is 1. The minimum Gasteiger partial charge on any atom is -0.506 e. The minimum absolute atomic E-state index is 0.224. The Labute approximate surface area is 164 Å². The van der Waals surface area contributed by atoms with Crippen LogP contribution in [0.1, 0.15) is 15.9 Å². The van der Waals surface area contributed by atoms with Crippen LogP contribution in [-0.4, -0.2) is 40.7 Å². The van der Waals surface area contributed by atoms with E-state index in [9.17, 15) is 19.5 Å². The van der Waals surface area contributed by atoms with Crippen molar-refractivity contribution in [3.63, 3.8) is 0 Å². The SMILES string of the molecule is COc1ccc(COc2ccc3c(O)c(C(=O)NCC(=O)O)c(=O)[nH]c3c2)cc1. The monoisotopic (exact) mass is 398 g/mol. The summed E-state index contributed by atoms with van der Waals surface area (Å²) in [6.45, 7) is -0.394. The lowest BCUT2D eigenvalue weighted by Crippen LogP contribution is -2.33. The van der Waals surface area contributed by atoms with Gasteiger partial charge in [-0.3, -0.25) is 14.4 Å². The quantitative estimate of drug-likeness (QED) is 0.475. The van der Waals surface area contributed by atoms with E-state index in [0.717, 1.165) is 11.3 Å². The van der Waals surface area contributed by atoms with Gasteiger partial charge in [0.2, 0.25) is 0 Å². The number of rotatable bonds is 7. The Morgan fingerprint density at radius 1 is 1.10 bits per heavy atom. The van der Waals surface area contributed by atoms with E-state index in [-0.39, 0.29) is 17.5 Å². The molecule has 2 aromatic carbocycles. The summed E-state index contributed by atoms with van der Waals surface area (Å²) in [5.74, 6) is -1.60. The minimum atomic E-state index is -1.27. The van der Waals surface area contributed by atoms with Gasteiger partial charge in [-0.15, -0.1) is 0 Å². The van der Waals surface area contributed by atoms with Crippen molar-refractivity contribution in [2.45, 2.75) is 6.61 Å². The lowest BCUT2D eigenvalue weighted by molar-refractivity contribution is -0.135. The van der Waals surface area contributed by atoms with Crippen molar-refractivity contribution in [3.05, 3.63) is 63.9 Å². The van der Waals surface area contributed by atoms with E-state index < -0.39 is 35.3 Å². The number of carbonyl (C=O) groups excluding carboxylic acids is 1. The van der Waals surface area contributed by atoms with Gasteiger partial charge in [-0.2, -0.15) is 0 Å². The number of carboxylic acid groups (broad SMARTS) is 1. The number of aromatic nitrogens is 1. The fourth-order valence-electron chi connectivity index (χ4n) is 2.69. The molecule has 0 radical (unpaired) electrons. The summed E-state index contributed by atoms with van der Waals surface area (Å²) in [5, 5.41) is 21.2. The highest BCUT2D eigenvalue weighted by Crippen LogP contribution is 2.28. The highest BCUT2D eigenvalue weighted by molar-refractivity contribution is 6.03. The maximum atomic E-state index is 12.2. The van der Waals surface area contributed by atoms with Crippen molar-refractivity contribution < 1.29 is 29.3 Å². The Balaban J connectivity index is 1.82. The van der Waals surface area contributed by atoms with Gasteiger partial charge >= 0.3 is 5.97 Å². The number of H-pyrrole nitrogens is 1. The van der Waals surface area contributed by atoms with Crippen LogP contribution in [0, 0.1) is 0 Å². The predicted molar refractivity (Wildman–Crippen MR) is 104 cm³/mol. The van der Waals surface area contributed by atoms with Crippen LogP contribution in [-0.2, 0) is 11.4 Å². The molecule has 0 aliphatic rings. The van der Waals surface area contributed by atoms with Crippen LogP contribution < -0.4 is 20.3 Å². The van der Waals surface area contributed by atoms with Crippen LogP contribution in [0.25, 0.3) is 10.9 Å². The van der Waals surface area contributed by atoms with Crippen LogP contribution in [0.2, 0.25) is 0 Å². The fourth-order valence-corrected chi connectivity index (χ4v) is 2.69. The molecule has 0 saturated heterocycles. The molecule has 0 saturated carbocycles. The van der Waals surface area contributed by atoms with Gasteiger partial charge < -0.3 is 30.0 Å². The van der Waals surface area contributed by atoms with Crippen LogP contribution >= 0.6 is 0 Å². The zero-order valence-corrected chi connectivity index (χ0v) is 15.4. The first-order chi connectivity index (χ1) is 13.9. The second kappa shape index (κ2) is 8.34. The molecule has 4 N–H and O–H groups in total. The maximum absolute atomic E-state index is 12.2. The summed E-state index contributed by atoms with van der Waals surface area (Å²) in [4.78, 5) is 37.3. The molecule has 29 heavy (non-hydrogen) atoms. The van der Waals surface area contributed by atoms with Gasteiger partial charge in [-0.25, -0.2) is 0 Å². The number of aliphatic carboxylic acids is 1. The maximum Gasteiger partial charge on any atom is 0.322 e. The van der Waals surface area contributed by atoms with Gasteiger partial charge in [-0.05, 0) is 29.8 Å². The van der Waals surface area contributed by atoms with Crippen molar-refractivity contribution >= 4 is 22.8 Å². The van der Waals surface area contributed by atoms with E-state index in [0.29, 0.717) is 5.75 Å². The van der Waals surface area contributed by atoms with Crippen LogP contribution in [0.5, 0.6) is 17.2 Å². The number of hydrogen-bond donors (Lipinski definition) is 4. The van der Waals surface area contributed by atoms with Crippen molar-refractivity contribution in [3.8, 4) is 17.2 Å². The Morgan fingerprint density at radius 3 is 2.45 bits per heavy atom. The molecule has 0 spiro atoms. The molecular formula is C20H18N2O7. The van der Waals surface area contributed by atoms with Crippen LogP contribution in [0.3, 0.4) is 0 Å². The second-order valence-electron chi connectivity index (χ2n) is 6.10. The number of nitrogens with one attached hydrogen (secondary N) is 2. The highest BCUT2D eigenvalue weighted by atomic mass is 16.5. The molecule has 3 aromatic rings. The zero-order chi connectivity index (χ0) is 21.0. The van der Waals surface area contributed by atoms with Gasteiger partial charge in [0.05, 0.1) is 12.6 Å². The molecule has 9 nitrogen and oxygen atoms in total. The number of pyridine rings is 1. The third-order valence-electron chi connectivity index (χ3n) is 4.15. The molecule has 0 aliphatic heterocycles. The number of hydrogen-bond acceptors (Lipinski definition) is 6. The fraction of sp³-hybridized carbons (Fsp3) is 0.150. The molecular weight excluding hydrogens is 380 g/mol. The zero-order valence-electron chi connectivity index (χ0n) is 15.4. The Morgan fingerprint density at radius 2 is 1.79 bits per heavy atom. The standard InChI is InChI=1S/C20H18N2O7/c1-28-12-4-2-11(3-5-12)10-29-13-6-7-14-15(8-13)22-20(27)17(18(14)25)19(26)21-9-16(23)24/h2-8H,9-10H2,1H3,(H,21,26)(H,23,24)(H2,22,25,27). The van der Waals surface area contributed by atoms with E-state index in [1.165, 1.54) is 12.1 Å². The van der Waals surface area contributed by atoms with E-state index in [2.05, 4.69) is 10.3 Å². The van der Waals surface area contributed by atoms with E-state index in [1.54, 1.807) is 13.2 Å². The first-order valence-electron chi connectivity index (χ1n) is 8.53. The molecule has 0 fully saturated rings. The molecule has 150 valence electrons. The topological polar surface area (TPSA) is 138 Å². The summed E-state index contributed by atoms with van der Waals surface area (Å²) in [7, 11) is 1.58.